The number of aryl methyl sites for hydroxylation is 1. The zero-order chi connectivity index (χ0) is 20.4. The molecule has 0 saturated heterocycles. The Labute approximate surface area is 173 Å². The van der Waals surface area contributed by atoms with Crippen LogP contribution in [0, 0.1) is 0 Å². The fraction of sp³-hybridized carbons (Fsp3) is 0.364. The standard InChI is InChI=1S/C22H24N2O4S/c1-4-9-24-17-12-18-19(27-11-10-26-18)13-20(17)29-22(24)23-21(25)15-5-7-16(8-6-15)28-14(2)3/h5-8,12-14H,4,9-11H2,1-3H3. The third-order valence-corrected chi connectivity index (χ3v) is 5.51. The lowest BCUT2D eigenvalue weighted by Crippen LogP contribution is -2.17. The first-order valence-corrected chi connectivity index (χ1v) is 10.7. The number of hydrogen-bond donors (Lipinski definition) is 0. The van der Waals surface area contributed by atoms with Crippen molar-refractivity contribution >= 4 is 27.5 Å². The lowest BCUT2D eigenvalue weighted by molar-refractivity contribution is 0.0997. The normalized spacial score (nSPS) is 13.9. The third kappa shape index (κ3) is 4.15. The molecule has 3 aromatic rings. The van der Waals surface area contributed by atoms with Gasteiger partial charge in [-0.25, -0.2) is 0 Å². The largest absolute Gasteiger partial charge is 0.491 e. The number of benzene rings is 2. The van der Waals surface area contributed by atoms with Crippen molar-refractivity contribution in [2.75, 3.05) is 13.2 Å². The highest BCUT2D eigenvalue weighted by Gasteiger charge is 2.17. The van der Waals surface area contributed by atoms with Crippen LogP contribution in [0.15, 0.2) is 41.4 Å². The Kier molecular flexibility index (Phi) is 5.58. The van der Waals surface area contributed by atoms with Crippen LogP contribution >= 0.6 is 11.3 Å². The molecule has 1 aliphatic rings. The molecule has 29 heavy (non-hydrogen) atoms. The van der Waals surface area contributed by atoms with Crippen molar-refractivity contribution in [1.82, 2.24) is 4.57 Å². The van der Waals surface area contributed by atoms with Gasteiger partial charge in [-0.2, -0.15) is 4.99 Å². The first-order chi connectivity index (χ1) is 14.0. The molecule has 2 heterocycles. The SMILES string of the molecule is CCCn1c(=NC(=O)c2ccc(OC(C)C)cc2)sc2cc3c(cc21)OCCO3. The Morgan fingerprint density at radius 2 is 1.86 bits per heavy atom. The lowest BCUT2D eigenvalue weighted by atomic mass is 10.2. The molecule has 0 bridgehead atoms. The molecule has 0 aliphatic carbocycles. The van der Waals surface area contributed by atoms with Crippen molar-refractivity contribution in [1.29, 1.82) is 0 Å². The molecule has 1 aliphatic heterocycles. The monoisotopic (exact) mass is 412 g/mol. The molecule has 4 rings (SSSR count). The van der Waals surface area contributed by atoms with Crippen LogP contribution in [0.25, 0.3) is 10.2 Å². The molecule has 0 radical (unpaired) electrons. The molecule has 152 valence electrons. The van der Waals surface area contributed by atoms with E-state index in [0.29, 0.717) is 23.6 Å². The average molecular weight is 413 g/mol. The minimum atomic E-state index is -0.269. The number of ether oxygens (including phenoxy) is 3. The van der Waals surface area contributed by atoms with Crippen molar-refractivity contribution in [2.45, 2.75) is 39.8 Å². The topological polar surface area (TPSA) is 62.1 Å². The van der Waals surface area contributed by atoms with Gasteiger partial charge in [-0.15, -0.1) is 0 Å². The molecule has 6 nitrogen and oxygen atoms in total. The van der Waals surface area contributed by atoms with Gasteiger partial charge in [-0.05, 0) is 44.5 Å². The summed E-state index contributed by atoms with van der Waals surface area (Å²) >= 11 is 1.49. The van der Waals surface area contributed by atoms with Gasteiger partial charge in [0.05, 0.1) is 16.3 Å². The highest BCUT2D eigenvalue weighted by atomic mass is 32.1. The van der Waals surface area contributed by atoms with Crippen LogP contribution in [0.2, 0.25) is 0 Å². The number of thiazole rings is 1. The van der Waals surface area contributed by atoms with Gasteiger partial charge in [-0.1, -0.05) is 18.3 Å². The van der Waals surface area contributed by atoms with Crippen LogP contribution in [0.1, 0.15) is 37.6 Å². The number of amides is 1. The van der Waals surface area contributed by atoms with E-state index in [-0.39, 0.29) is 12.0 Å². The average Bonchev–Trinajstić information content (AvgIpc) is 3.02. The van der Waals surface area contributed by atoms with E-state index in [0.717, 1.165) is 40.4 Å². The van der Waals surface area contributed by atoms with Crippen LogP contribution in [-0.2, 0) is 6.54 Å². The van der Waals surface area contributed by atoms with Gasteiger partial charge in [0.1, 0.15) is 19.0 Å². The maximum absolute atomic E-state index is 12.8. The zero-order valence-electron chi connectivity index (χ0n) is 16.8. The molecule has 1 amide bonds. The van der Waals surface area contributed by atoms with Gasteiger partial charge in [0.15, 0.2) is 16.3 Å². The molecular formula is C22H24N2O4S. The van der Waals surface area contributed by atoms with E-state index < -0.39 is 0 Å². The minimum absolute atomic E-state index is 0.0894. The predicted octanol–water partition coefficient (Wildman–Crippen LogP) is 4.41. The fourth-order valence-corrected chi connectivity index (χ4v) is 4.30. The molecule has 0 unspecified atom stereocenters. The van der Waals surface area contributed by atoms with E-state index in [2.05, 4.69) is 16.5 Å². The molecular weight excluding hydrogens is 388 g/mol. The summed E-state index contributed by atoms with van der Waals surface area (Å²) in [7, 11) is 0. The molecule has 0 N–H and O–H groups in total. The number of carbonyl (C=O) groups excluding carboxylic acids is 1. The second kappa shape index (κ2) is 8.29. The maximum Gasteiger partial charge on any atom is 0.279 e. The quantitative estimate of drug-likeness (QED) is 0.623. The Morgan fingerprint density at radius 3 is 2.52 bits per heavy atom. The maximum atomic E-state index is 12.8. The Balaban J connectivity index is 1.72. The smallest absolute Gasteiger partial charge is 0.279 e. The van der Waals surface area contributed by atoms with Crippen LogP contribution in [0.5, 0.6) is 17.2 Å². The fourth-order valence-electron chi connectivity index (χ4n) is 3.23. The Hall–Kier alpha value is -2.80. The van der Waals surface area contributed by atoms with E-state index in [9.17, 15) is 4.79 Å². The first kappa shape index (κ1) is 19.5. The number of fused-ring (bicyclic) bond motifs is 2. The number of hydrogen-bond acceptors (Lipinski definition) is 5. The number of aromatic nitrogens is 1. The summed E-state index contributed by atoms with van der Waals surface area (Å²) in [6.45, 7) is 7.90. The predicted molar refractivity (Wildman–Crippen MR) is 113 cm³/mol. The van der Waals surface area contributed by atoms with Gasteiger partial charge in [0.25, 0.3) is 5.91 Å². The third-order valence-electron chi connectivity index (χ3n) is 4.46. The van der Waals surface area contributed by atoms with E-state index in [1.54, 1.807) is 24.3 Å². The van der Waals surface area contributed by atoms with Crippen molar-refractivity contribution in [2.24, 2.45) is 4.99 Å². The molecule has 1 aromatic heterocycles. The molecule has 0 fully saturated rings. The summed E-state index contributed by atoms with van der Waals surface area (Å²) in [5.74, 6) is 1.96. The summed E-state index contributed by atoms with van der Waals surface area (Å²) in [4.78, 5) is 17.9. The highest BCUT2D eigenvalue weighted by Crippen LogP contribution is 2.35. The molecule has 7 heteroatoms. The Morgan fingerprint density at radius 1 is 1.17 bits per heavy atom. The second-order valence-corrected chi connectivity index (χ2v) is 8.12. The van der Waals surface area contributed by atoms with Crippen LogP contribution in [-0.4, -0.2) is 29.8 Å². The van der Waals surface area contributed by atoms with Crippen molar-refractivity contribution in [3.8, 4) is 17.2 Å². The molecule has 0 saturated carbocycles. The van der Waals surface area contributed by atoms with Gasteiger partial charge in [-0.3, -0.25) is 4.79 Å². The summed E-state index contributed by atoms with van der Waals surface area (Å²) < 4.78 is 20.2. The van der Waals surface area contributed by atoms with E-state index >= 15 is 0 Å². The van der Waals surface area contributed by atoms with Gasteiger partial charge in [0, 0.05) is 24.2 Å². The minimum Gasteiger partial charge on any atom is -0.491 e. The van der Waals surface area contributed by atoms with Gasteiger partial charge < -0.3 is 18.8 Å². The van der Waals surface area contributed by atoms with E-state index in [1.807, 2.05) is 26.0 Å². The van der Waals surface area contributed by atoms with Gasteiger partial charge in [0.2, 0.25) is 0 Å². The highest BCUT2D eigenvalue weighted by molar-refractivity contribution is 7.16. The summed E-state index contributed by atoms with van der Waals surface area (Å²) in [5.41, 5.74) is 1.54. The number of nitrogens with zero attached hydrogens (tertiary/aromatic N) is 2. The van der Waals surface area contributed by atoms with Crippen molar-refractivity contribution < 1.29 is 19.0 Å². The van der Waals surface area contributed by atoms with Crippen LogP contribution in [0.3, 0.4) is 0 Å². The summed E-state index contributed by atoms with van der Waals surface area (Å²) in [6.07, 6.45) is 1.02. The second-order valence-electron chi connectivity index (χ2n) is 7.11. The van der Waals surface area contributed by atoms with E-state index in [4.69, 9.17) is 14.2 Å². The first-order valence-electron chi connectivity index (χ1n) is 9.84. The van der Waals surface area contributed by atoms with Crippen LogP contribution in [0.4, 0.5) is 0 Å². The lowest BCUT2D eigenvalue weighted by Gasteiger charge is -2.18. The van der Waals surface area contributed by atoms with Crippen molar-refractivity contribution in [3.05, 3.63) is 46.8 Å². The summed E-state index contributed by atoms with van der Waals surface area (Å²) in [5, 5.41) is 0. The number of rotatable bonds is 5. The zero-order valence-corrected chi connectivity index (χ0v) is 17.6. The van der Waals surface area contributed by atoms with E-state index in [1.165, 1.54) is 11.3 Å². The molecule has 2 aromatic carbocycles. The summed E-state index contributed by atoms with van der Waals surface area (Å²) in [6, 6.07) is 11.1. The van der Waals surface area contributed by atoms with Crippen molar-refractivity contribution in [3.63, 3.8) is 0 Å². The van der Waals surface area contributed by atoms with Gasteiger partial charge >= 0.3 is 0 Å². The van der Waals surface area contributed by atoms with Crippen LogP contribution < -0.4 is 19.0 Å². The number of carbonyl (C=O) groups is 1. The Bertz CT molecular complexity index is 1100. The molecule has 0 atom stereocenters. The molecule has 0 spiro atoms.